The Hall–Kier alpha value is -0.820. The lowest BCUT2D eigenvalue weighted by Gasteiger charge is -1.93. The van der Waals surface area contributed by atoms with E-state index in [4.69, 9.17) is 5.11 Å². The Morgan fingerprint density at radius 2 is 1.38 bits per heavy atom. The summed E-state index contributed by atoms with van der Waals surface area (Å²) >= 11 is 0. The van der Waals surface area contributed by atoms with Crippen molar-refractivity contribution in [1.82, 2.24) is 0 Å². The van der Waals surface area contributed by atoms with E-state index in [1.54, 1.807) is 0 Å². The predicted molar refractivity (Wildman–Crippen MR) is 59.9 cm³/mol. The van der Waals surface area contributed by atoms with Crippen LogP contribution in [0.15, 0.2) is 30.3 Å². The number of aliphatic hydroxyl groups excluding tert-OH is 1. The SMILES string of the molecule is CC.CC.OCCc1ccccc1. The van der Waals surface area contributed by atoms with E-state index in [2.05, 4.69) is 0 Å². The van der Waals surface area contributed by atoms with Gasteiger partial charge in [-0.3, -0.25) is 0 Å². The Balaban J connectivity index is 0. The molecule has 0 saturated carbocycles. The van der Waals surface area contributed by atoms with E-state index in [-0.39, 0.29) is 6.61 Å². The van der Waals surface area contributed by atoms with Gasteiger partial charge in [0.15, 0.2) is 0 Å². The highest BCUT2D eigenvalue weighted by Crippen LogP contribution is 1.97. The minimum Gasteiger partial charge on any atom is -0.396 e. The second-order valence-corrected chi connectivity index (χ2v) is 1.96. The molecule has 0 aromatic heterocycles. The Bertz CT molecular complexity index is 158. The van der Waals surface area contributed by atoms with Crippen LogP contribution >= 0.6 is 0 Å². The minimum atomic E-state index is 0.240. The highest BCUT2D eigenvalue weighted by molar-refractivity contribution is 5.14. The van der Waals surface area contributed by atoms with E-state index < -0.39 is 0 Å². The Morgan fingerprint density at radius 1 is 0.923 bits per heavy atom. The Kier molecular flexibility index (Phi) is 15.5. The zero-order valence-electron chi connectivity index (χ0n) is 9.25. The predicted octanol–water partition coefficient (Wildman–Crippen LogP) is 3.27. The molecule has 0 fully saturated rings. The monoisotopic (exact) mass is 182 g/mol. The van der Waals surface area contributed by atoms with Crippen molar-refractivity contribution in [2.24, 2.45) is 0 Å². The summed E-state index contributed by atoms with van der Waals surface area (Å²) in [6.07, 6.45) is 0.765. The van der Waals surface area contributed by atoms with Crippen LogP contribution in [0.1, 0.15) is 33.3 Å². The smallest absolute Gasteiger partial charge is 0.0471 e. The van der Waals surface area contributed by atoms with Gasteiger partial charge in [0, 0.05) is 6.61 Å². The molecule has 0 heterocycles. The maximum Gasteiger partial charge on any atom is 0.0471 e. The van der Waals surface area contributed by atoms with Crippen molar-refractivity contribution in [1.29, 1.82) is 0 Å². The van der Waals surface area contributed by atoms with Gasteiger partial charge in [0.25, 0.3) is 0 Å². The van der Waals surface area contributed by atoms with Gasteiger partial charge in [0.2, 0.25) is 0 Å². The van der Waals surface area contributed by atoms with Crippen molar-refractivity contribution >= 4 is 0 Å². The van der Waals surface area contributed by atoms with Crippen molar-refractivity contribution in [2.45, 2.75) is 34.1 Å². The van der Waals surface area contributed by atoms with E-state index in [1.807, 2.05) is 58.0 Å². The minimum absolute atomic E-state index is 0.240. The third-order valence-corrected chi connectivity index (χ3v) is 1.24. The lowest BCUT2D eigenvalue weighted by molar-refractivity contribution is 0.299. The molecule has 1 N–H and O–H groups in total. The average molecular weight is 182 g/mol. The first kappa shape index (κ1) is 14.7. The molecular weight excluding hydrogens is 160 g/mol. The van der Waals surface area contributed by atoms with Crippen molar-refractivity contribution in [3.05, 3.63) is 35.9 Å². The van der Waals surface area contributed by atoms with Crippen LogP contribution in [0.5, 0.6) is 0 Å². The lowest BCUT2D eigenvalue weighted by Crippen LogP contribution is -1.88. The molecule has 1 rings (SSSR count). The number of rotatable bonds is 2. The molecule has 0 unspecified atom stereocenters. The van der Waals surface area contributed by atoms with E-state index in [0.29, 0.717) is 0 Å². The van der Waals surface area contributed by atoms with E-state index in [1.165, 1.54) is 5.56 Å². The van der Waals surface area contributed by atoms with Gasteiger partial charge in [-0.1, -0.05) is 58.0 Å². The fraction of sp³-hybridized carbons (Fsp3) is 0.500. The fourth-order valence-corrected chi connectivity index (χ4v) is 0.774. The van der Waals surface area contributed by atoms with E-state index in [0.717, 1.165) is 6.42 Å². The van der Waals surface area contributed by atoms with Gasteiger partial charge in [-0.05, 0) is 12.0 Å². The molecule has 0 radical (unpaired) electrons. The highest BCUT2D eigenvalue weighted by Gasteiger charge is 1.85. The molecule has 1 aromatic carbocycles. The van der Waals surface area contributed by atoms with Gasteiger partial charge in [0.05, 0.1) is 0 Å². The number of hydrogen-bond acceptors (Lipinski definition) is 1. The first-order chi connectivity index (χ1) is 6.43. The summed E-state index contributed by atoms with van der Waals surface area (Å²) in [7, 11) is 0. The molecule has 0 aliphatic rings. The standard InChI is InChI=1S/C8H10O.2C2H6/c9-7-6-8-4-2-1-3-5-8;2*1-2/h1-5,9H,6-7H2;2*1-2H3. The quantitative estimate of drug-likeness (QED) is 0.744. The largest absolute Gasteiger partial charge is 0.396 e. The van der Waals surface area contributed by atoms with Crippen LogP contribution in [0.4, 0.5) is 0 Å². The molecule has 1 heteroatoms. The second kappa shape index (κ2) is 13.7. The molecule has 0 amide bonds. The number of hydrogen-bond donors (Lipinski definition) is 1. The summed E-state index contributed by atoms with van der Waals surface area (Å²) in [4.78, 5) is 0. The fourth-order valence-electron chi connectivity index (χ4n) is 0.774. The third-order valence-electron chi connectivity index (χ3n) is 1.24. The van der Waals surface area contributed by atoms with Crippen LogP contribution in [-0.4, -0.2) is 11.7 Å². The van der Waals surface area contributed by atoms with Gasteiger partial charge < -0.3 is 5.11 Å². The summed E-state index contributed by atoms with van der Waals surface area (Å²) in [6, 6.07) is 9.95. The number of aliphatic hydroxyl groups is 1. The van der Waals surface area contributed by atoms with Crippen molar-refractivity contribution in [3.8, 4) is 0 Å². The van der Waals surface area contributed by atoms with Crippen molar-refractivity contribution in [2.75, 3.05) is 6.61 Å². The van der Waals surface area contributed by atoms with Gasteiger partial charge in [-0.15, -0.1) is 0 Å². The molecule has 1 nitrogen and oxygen atoms in total. The number of benzene rings is 1. The summed E-state index contributed by atoms with van der Waals surface area (Å²) in [5.41, 5.74) is 1.19. The first-order valence-corrected chi connectivity index (χ1v) is 5.08. The van der Waals surface area contributed by atoms with Crippen LogP contribution in [0.3, 0.4) is 0 Å². The zero-order chi connectivity index (χ0) is 10.5. The summed E-state index contributed by atoms with van der Waals surface area (Å²) in [5, 5.41) is 8.52. The van der Waals surface area contributed by atoms with Crippen LogP contribution in [0.25, 0.3) is 0 Å². The van der Waals surface area contributed by atoms with Gasteiger partial charge in [-0.2, -0.15) is 0 Å². The van der Waals surface area contributed by atoms with Gasteiger partial charge in [0.1, 0.15) is 0 Å². The lowest BCUT2D eigenvalue weighted by atomic mass is 10.2. The molecule has 0 atom stereocenters. The Morgan fingerprint density at radius 3 is 1.77 bits per heavy atom. The van der Waals surface area contributed by atoms with Crippen LogP contribution in [0.2, 0.25) is 0 Å². The molecule has 0 saturated heterocycles. The molecule has 0 spiro atoms. The highest BCUT2D eigenvalue weighted by atomic mass is 16.2. The van der Waals surface area contributed by atoms with Crippen molar-refractivity contribution in [3.63, 3.8) is 0 Å². The topological polar surface area (TPSA) is 20.2 Å². The molecule has 0 aliphatic heterocycles. The van der Waals surface area contributed by atoms with E-state index in [9.17, 15) is 0 Å². The molecule has 13 heavy (non-hydrogen) atoms. The van der Waals surface area contributed by atoms with Gasteiger partial charge in [-0.25, -0.2) is 0 Å². The molecular formula is C12H22O. The third kappa shape index (κ3) is 9.09. The Labute approximate surface area is 82.4 Å². The first-order valence-electron chi connectivity index (χ1n) is 5.08. The summed E-state index contributed by atoms with van der Waals surface area (Å²) < 4.78 is 0. The van der Waals surface area contributed by atoms with Crippen LogP contribution in [0, 0.1) is 0 Å². The molecule has 1 aromatic rings. The maximum atomic E-state index is 8.52. The maximum absolute atomic E-state index is 8.52. The molecule has 0 aliphatic carbocycles. The second-order valence-electron chi connectivity index (χ2n) is 1.96. The van der Waals surface area contributed by atoms with Crippen LogP contribution < -0.4 is 0 Å². The molecule has 76 valence electrons. The average Bonchev–Trinajstić information content (AvgIpc) is 2.26. The zero-order valence-corrected chi connectivity index (χ0v) is 9.25. The normalized spacial score (nSPS) is 7.46. The molecule has 0 bridgehead atoms. The van der Waals surface area contributed by atoms with E-state index >= 15 is 0 Å². The summed E-state index contributed by atoms with van der Waals surface area (Å²) in [6.45, 7) is 8.24. The van der Waals surface area contributed by atoms with Crippen LogP contribution in [-0.2, 0) is 6.42 Å². The van der Waals surface area contributed by atoms with Gasteiger partial charge >= 0.3 is 0 Å². The van der Waals surface area contributed by atoms with Crippen molar-refractivity contribution < 1.29 is 5.11 Å². The summed E-state index contributed by atoms with van der Waals surface area (Å²) in [5.74, 6) is 0.